The van der Waals surface area contributed by atoms with Crippen molar-refractivity contribution < 1.29 is 14.1 Å². The molecule has 60 valence electrons. The Bertz CT molecular complexity index is 149. The molecule has 0 fully saturated rings. The summed E-state index contributed by atoms with van der Waals surface area (Å²) in [5, 5.41) is 0. The fourth-order valence-corrected chi connectivity index (χ4v) is 0.733. The summed E-state index contributed by atoms with van der Waals surface area (Å²) in [6.45, 7) is 4.79. The molecule has 0 aliphatic heterocycles. The zero-order chi connectivity index (χ0) is 8.15. The van der Waals surface area contributed by atoms with Gasteiger partial charge < -0.3 is 11.4 Å². The third-order valence-electron chi connectivity index (χ3n) is 1.18. The van der Waals surface area contributed by atoms with Crippen molar-refractivity contribution in [3.05, 3.63) is 6.92 Å². The fraction of sp³-hybridized carbons (Fsp3) is 0.500. The number of hydrogen-bond donors (Lipinski definition) is 0. The summed E-state index contributed by atoms with van der Waals surface area (Å²) in [6.07, 6.45) is 0.253. The van der Waals surface area contributed by atoms with Gasteiger partial charge >= 0.3 is 5.97 Å². The summed E-state index contributed by atoms with van der Waals surface area (Å²) in [7, 11) is 1.81. The van der Waals surface area contributed by atoms with Crippen LogP contribution in [0.5, 0.6) is 0 Å². The zero-order valence-corrected chi connectivity index (χ0v) is 14.1. The molecule has 2 atom stereocenters. The van der Waals surface area contributed by atoms with Crippen molar-refractivity contribution in [1.82, 2.24) is 0 Å². The van der Waals surface area contributed by atoms with Crippen LogP contribution in [0, 0.1) is 12.8 Å². The van der Waals surface area contributed by atoms with Gasteiger partial charge in [0.1, 0.15) is 5.78 Å². The Labute approximate surface area is 62.4 Å². The van der Waals surface area contributed by atoms with E-state index in [1.807, 2.05) is 9.47 Å². The Morgan fingerprint density at radius 3 is 2.18 bits per heavy atom. The largest absolute Gasteiger partial charge is 0.451 e. The van der Waals surface area contributed by atoms with Gasteiger partial charge in [0.25, 0.3) is 0 Å². The Kier molecular flexibility index (Phi) is 5.98. The van der Waals surface area contributed by atoms with Gasteiger partial charge in [-0.15, -0.1) is 0 Å². The number of Topliss-reactive ketones (excluding diaryl/α,β-unsaturated/α-hetero) is 1. The first-order valence-electron chi connectivity index (χ1n) is 2.83. The van der Waals surface area contributed by atoms with E-state index in [0.29, 0.717) is 0 Å². The van der Waals surface area contributed by atoms with Crippen molar-refractivity contribution >= 4 is 21.2 Å². The van der Waals surface area contributed by atoms with Crippen molar-refractivity contribution in [3.8, 4) is 0 Å². The molecule has 0 aromatic rings. The molecule has 0 amide bonds. The van der Waals surface area contributed by atoms with Crippen LogP contribution in [0.2, 0.25) is 0 Å². The van der Waals surface area contributed by atoms with Crippen LogP contribution >= 0.6 is 9.47 Å². The SMILES string of the molecule is [CH2-]CC(C(C)=O)C(=O)OP.[Rf]. The fourth-order valence-electron chi connectivity index (χ4n) is 0.569. The van der Waals surface area contributed by atoms with Crippen molar-refractivity contribution in [1.29, 1.82) is 0 Å². The van der Waals surface area contributed by atoms with Gasteiger partial charge in [-0.2, -0.15) is 6.42 Å². The molecule has 0 aromatic heterocycles. The molecule has 0 spiro atoms. The maximum Gasteiger partial charge on any atom is 0.315 e. The van der Waals surface area contributed by atoms with Gasteiger partial charge in [-0.25, -0.2) is 0 Å². The number of rotatable bonds is 3. The van der Waals surface area contributed by atoms with E-state index < -0.39 is 11.9 Å². The molecule has 0 aliphatic rings. The summed E-state index contributed by atoms with van der Waals surface area (Å²) in [4.78, 5) is 21.3. The van der Waals surface area contributed by atoms with Gasteiger partial charge in [0, 0.05) is 0 Å². The van der Waals surface area contributed by atoms with Crippen molar-refractivity contribution in [2.75, 3.05) is 0 Å². The second-order valence-electron chi connectivity index (χ2n) is 1.89. The van der Waals surface area contributed by atoms with E-state index >= 15 is 0 Å². The number of carbonyl (C=O) groups is 2. The van der Waals surface area contributed by atoms with Gasteiger partial charge in [0.15, 0.2) is 0 Å². The zero-order valence-electron chi connectivity index (χ0n) is 6.50. The molecule has 0 radical (unpaired) electrons. The van der Waals surface area contributed by atoms with E-state index in [-0.39, 0.29) is 12.2 Å². The third-order valence-corrected chi connectivity index (χ3v) is 1.41. The summed E-state index contributed by atoms with van der Waals surface area (Å²) >= 11 is 0. The molecule has 2 unspecified atom stereocenters. The predicted molar refractivity (Wildman–Crippen MR) is 39.9 cm³/mol. The van der Waals surface area contributed by atoms with Crippen LogP contribution in [0.3, 0.4) is 0 Å². The van der Waals surface area contributed by atoms with Crippen LogP contribution in [0.1, 0.15) is 13.3 Å². The van der Waals surface area contributed by atoms with Crippen LogP contribution < -0.4 is 0 Å². The molecular weight excluding hydrogens is 418 g/mol. The molecule has 0 bridgehead atoms. The number of ketones is 1. The van der Waals surface area contributed by atoms with Crippen molar-refractivity contribution in [3.63, 3.8) is 0 Å². The summed E-state index contributed by atoms with van der Waals surface area (Å²) in [5.74, 6) is -1.44. The standard InChI is InChI=1S/C6H10O3P.Rf/c1-3-5(4(2)7)6(8)9-10;/h5H,1,3,10H2,2H3;/q-1;. The minimum absolute atomic E-state index is 0. The molecule has 5 heteroatoms. The molecule has 0 heterocycles. The Balaban J connectivity index is 0. The monoisotopic (exact) mass is 428 g/mol. The Morgan fingerprint density at radius 1 is 1.64 bits per heavy atom. The second kappa shape index (κ2) is 5.36. The Hall–Kier alpha value is -1.43. The van der Waals surface area contributed by atoms with Gasteiger partial charge in [0.2, 0.25) is 0 Å². The number of carbonyl (C=O) groups excluding carboxylic acids is 2. The topological polar surface area (TPSA) is 43.4 Å². The minimum Gasteiger partial charge on any atom is -0.451 e. The van der Waals surface area contributed by atoms with E-state index in [0.717, 1.165) is 0 Å². The molecule has 11 heavy (non-hydrogen) atoms. The van der Waals surface area contributed by atoms with E-state index in [2.05, 4.69) is 11.4 Å². The normalized spacial score (nSPS) is 11.2. The summed E-state index contributed by atoms with van der Waals surface area (Å²) in [6, 6.07) is 0. The minimum atomic E-state index is -0.697. The van der Waals surface area contributed by atoms with Crippen LogP contribution in [0.15, 0.2) is 0 Å². The van der Waals surface area contributed by atoms with E-state index in [1.165, 1.54) is 6.92 Å². The van der Waals surface area contributed by atoms with Gasteiger partial charge in [-0.05, 0) is 6.92 Å². The molecule has 0 saturated carbocycles. The molecule has 0 aliphatic carbocycles. The van der Waals surface area contributed by atoms with Crippen molar-refractivity contribution in [2.45, 2.75) is 13.3 Å². The molecule has 3 nitrogen and oxygen atoms in total. The molecule has 0 aromatic carbocycles. The van der Waals surface area contributed by atoms with Crippen LogP contribution in [-0.4, -0.2) is 11.8 Å². The van der Waals surface area contributed by atoms with E-state index in [1.54, 1.807) is 0 Å². The first-order chi connectivity index (χ1) is 4.63. The molecule has 0 N–H and O–H groups in total. The van der Waals surface area contributed by atoms with E-state index in [4.69, 9.17) is 0 Å². The molecular formula is C6H10O3PRf-. The van der Waals surface area contributed by atoms with Crippen molar-refractivity contribution in [2.24, 2.45) is 5.92 Å². The number of hydrogen-bond acceptors (Lipinski definition) is 3. The Morgan fingerprint density at radius 2 is 2.09 bits per heavy atom. The van der Waals surface area contributed by atoms with Gasteiger partial charge in [0.05, 0.1) is 15.4 Å². The van der Waals surface area contributed by atoms with Crippen LogP contribution in [-0.2, 0) is 14.1 Å². The molecule has 0 rings (SSSR count). The maximum absolute atomic E-state index is 10.7. The molecule has 0 saturated heterocycles. The van der Waals surface area contributed by atoms with Gasteiger partial charge in [-0.3, -0.25) is 9.59 Å². The van der Waals surface area contributed by atoms with E-state index in [9.17, 15) is 9.59 Å². The van der Waals surface area contributed by atoms with Gasteiger partial charge in [-0.1, -0.05) is 0 Å². The predicted octanol–water partition coefficient (Wildman–Crippen LogP) is 0.749. The third kappa shape index (κ3) is 3.31. The second-order valence-corrected chi connectivity index (χ2v) is 2.12. The quantitative estimate of drug-likeness (QED) is 0.379. The average molecular weight is 428 g/mol. The smallest absolute Gasteiger partial charge is 0.315 e. The van der Waals surface area contributed by atoms with Crippen LogP contribution in [0.4, 0.5) is 0 Å². The average Bonchev–Trinajstić information content (AvgIpc) is 1.88. The summed E-state index contributed by atoms with van der Waals surface area (Å²) in [5.41, 5.74) is 0. The first-order valence-corrected chi connectivity index (χ1v) is 3.31. The first kappa shape index (κ1) is 12.3. The van der Waals surface area contributed by atoms with Crippen LogP contribution in [0.25, 0.3) is 0 Å². The maximum atomic E-state index is 10.7. The summed E-state index contributed by atoms with van der Waals surface area (Å²) < 4.78 is 4.28.